The van der Waals surface area contributed by atoms with E-state index in [-0.39, 0.29) is 17.2 Å². The number of amides is 1. The van der Waals surface area contributed by atoms with Gasteiger partial charge in [-0.3, -0.25) is 14.9 Å². The van der Waals surface area contributed by atoms with Crippen LogP contribution in [-0.2, 0) is 27.1 Å². The van der Waals surface area contributed by atoms with Gasteiger partial charge in [0.05, 0.1) is 17.1 Å². The molecule has 1 amide bonds. The van der Waals surface area contributed by atoms with Crippen LogP contribution in [0.25, 0.3) is 0 Å². The third-order valence-electron chi connectivity index (χ3n) is 6.17. The SMILES string of the molecule is CCOC(=O)c1c(NC(=O)[C@H](OC(=O)c2cc(Cl)ccc2[N+](=O)[O-])c2ccccc2)sc2c1CC[C@@H](C)C2. The van der Waals surface area contributed by atoms with Crippen LogP contribution in [0, 0.1) is 16.0 Å². The molecule has 1 aliphatic carbocycles. The Balaban J connectivity index is 1.69. The number of rotatable bonds is 8. The fourth-order valence-electron chi connectivity index (χ4n) is 4.34. The predicted molar refractivity (Wildman–Crippen MR) is 143 cm³/mol. The highest BCUT2D eigenvalue weighted by atomic mass is 35.5. The van der Waals surface area contributed by atoms with Crippen molar-refractivity contribution in [3.05, 3.63) is 90.8 Å². The molecule has 1 aliphatic rings. The molecule has 4 rings (SSSR count). The first-order valence-electron chi connectivity index (χ1n) is 12.0. The molecule has 2 aromatic carbocycles. The van der Waals surface area contributed by atoms with Gasteiger partial charge in [0.15, 0.2) is 0 Å². The highest BCUT2D eigenvalue weighted by Crippen LogP contribution is 2.40. The van der Waals surface area contributed by atoms with Crippen LogP contribution in [0.5, 0.6) is 0 Å². The summed E-state index contributed by atoms with van der Waals surface area (Å²) in [6, 6.07) is 11.8. The minimum Gasteiger partial charge on any atom is -0.462 e. The molecular formula is C27H25ClN2O7S. The molecule has 1 heterocycles. The zero-order valence-electron chi connectivity index (χ0n) is 20.7. The van der Waals surface area contributed by atoms with E-state index in [2.05, 4.69) is 12.2 Å². The van der Waals surface area contributed by atoms with Crippen molar-refractivity contribution < 1.29 is 28.8 Å². The molecule has 3 aromatic rings. The number of nitro groups is 1. The predicted octanol–water partition coefficient (Wildman–Crippen LogP) is 6.15. The third kappa shape index (κ3) is 5.87. The molecule has 0 saturated heterocycles. The van der Waals surface area contributed by atoms with E-state index in [1.165, 1.54) is 17.4 Å². The largest absolute Gasteiger partial charge is 0.462 e. The van der Waals surface area contributed by atoms with Crippen LogP contribution in [0.4, 0.5) is 10.7 Å². The Morgan fingerprint density at radius 2 is 1.92 bits per heavy atom. The van der Waals surface area contributed by atoms with Crippen LogP contribution in [-0.4, -0.2) is 29.4 Å². The number of fused-ring (bicyclic) bond motifs is 1. The van der Waals surface area contributed by atoms with Crippen LogP contribution >= 0.6 is 22.9 Å². The van der Waals surface area contributed by atoms with E-state index in [0.29, 0.717) is 28.5 Å². The van der Waals surface area contributed by atoms with Gasteiger partial charge in [-0.05, 0) is 49.8 Å². The summed E-state index contributed by atoms with van der Waals surface area (Å²) in [5, 5.41) is 14.7. The van der Waals surface area contributed by atoms with Crippen LogP contribution < -0.4 is 5.32 Å². The smallest absolute Gasteiger partial charge is 0.346 e. The minimum absolute atomic E-state index is 0.0979. The van der Waals surface area contributed by atoms with Crippen molar-refractivity contribution in [1.29, 1.82) is 0 Å². The molecular weight excluding hydrogens is 532 g/mol. The number of ether oxygens (including phenoxy) is 2. The molecule has 0 unspecified atom stereocenters. The molecule has 0 saturated carbocycles. The Hall–Kier alpha value is -3.76. The van der Waals surface area contributed by atoms with Crippen LogP contribution in [0.15, 0.2) is 48.5 Å². The van der Waals surface area contributed by atoms with Crippen molar-refractivity contribution >= 4 is 51.5 Å². The van der Waals surface area contributed by atoms with Gasteiger partial charge in [-0.2, -0.15) is 0 Å². The fourth-order valence-corrected chi connectivity index (χ4v) is 5.91. The van der Waals surface area contributed by atoms with Crippen LogP contribution in [0.2, 0.25) is 5.02 Å². The van der Waals surface area contributed by atoms with E-state index in [4.69, 9.17) is 21.1 Å². The minimum atomic E-state index is -1.46. The number of hydrogen-bond donors (Lipinski definition) is 1. The molecule has 1 aromatic heterocycles. The van der Waals surface area contributed by atoms with Crippen molar-refractivity contribution in [2.45, 2.75) is 39.2 Å². The second-order valence-electron chi connectivity index (χ2n) is 8.88. The van der Waals surface area contributed by atoms with Crippen molar-refractivity contribution in [1.82, 2.24) is 0 Å². The maximum absolute atomic E-state index is 13.6. The lowest BCUT2D eigenvalue weighted by Crippen LogP contribution is -2.26. The van der Waals surface area contributed by atoms with Crippen LogP contribution in [0.3, 0.4) is 0 Å². The molecule has 0 radical (unpaired) electrons. The number of nitrogens with zero attached hydrogens (tertiary/aromatic N) is 1. The highest BCUT2D eigenvalue weighted by Gasteiger charge is 2.33. The lowest BCUT2D eigenvalue weighted by atomic mass is 9.88. The number of carbonyl (C=O) groups is 3. The molecule has 0 spiro atoms. The summed E-state index contributed by atoms with van der Waals surface area (Å²) in [7, 11) is 0. The van der Waals surface area contributed by atoms with Gasteiger partial charge in [-0.25, -0.2) is 9.59 Å². The zero-order valence-corrected chi connectivity index (χ0v) is 22.3. The van der Waals surface area contributed by atoms with Gasteiger partial charge < -0.3 is 14.8 Å². The standard InChI is InChI=1S/C27H25ClN2O7S/c1-3-36-27(33)22-18-11-9-15(2)13-21(18)38-25(22)29-24(31)23(16-7-5-4-6-8-16)37-26(32)19-14-17(28)10-12-20(19)30(34)35/h4-8,10,12,14-15,23H,3,9,11,13H2,1-2H3,(H,29,31)/t15-,23-/m1/s1. The molecule has 0 aliphatic heterocycles. The first kappa shape index (κ1) is 27.3. The molecule has 0 fully saturated rings. The topological polar surface area (TPSA) is 125 Å². The molecule has 11 heteroatoms. The number of nitro benzene ring substituents is 1. The molecule has 198 valence electrons. The van der Waals surface area contributed by atoms with E-state index >= 15 is 0 Å². The van der Waals surface area contributed by atoms with E-state index in [1.54, 1.807) is 37.3 Å². The van der Waals surface area contributed by atoms with Gasteiger partial charge in [0.1, 0.15) is 10.6 Å². The molecule has 2 atom stereocenters. The Bertz CT molecular complexity index is 1390. The molecule has 38 heavy (non-hydrogen) atoms. The van der Waals surface area contributed by atoms with Gasteiger partial charge >= 0.3 is 11.9 Å². The summed E-state index contributed by atoms with van der Waals surface area (Å²) in [4.78, 5) is 51.3. The average molecular weight is 557 g/mol. The van der Waals surface area contributed by atoms with E-state index in [1.807, 2.05) is 0 Å². The second-order valence-corrected chi connectivity index (χ2v) is 10.4. The van der Waals surface area contributed by atoms with Crippen molar-refractivity contribution in [2.24, 2.45) is 5.92 Å². The Labute approximate surface area is 227 Å². The fraction of sp³-hybridized carbons (Fsp3) is 0.296. The van der Waals surface area contributed by atoms with Crippen molar-refractivity contribution in [3.8, 4) is 0 Å². The summed E-state index contributed by atoms with van der Waals surface area (Å²) in [6.45, 7) is 4.01. The van der Waals surface area contributed by atoms with Gasteiger partial charge in [-0.1, -0.05) is 48.9 Å². The lowest BCUT2D eigenvalue weighted by molar-refractivity contribution is -0.385. The number of carbonyl (C=O) groups excluding carboxylic acids is 3. The number of thiophene rings is 1. The normalized spacial score (nSPS) is 15.2. The zero-order chi connectivity index (χ0) is 27.4. The highest BCUT2D eigenvalue weighted by molar-refractivity contribution is 7.17. The maximum Gasteiger partial charge on any atom is 0.346 e. The first-order chi connectivity index (χ1) is 18.2. The summed E-state index contributed by atoms with van der Waals surface area (Å²) < 4.78 is 10.8. The molecule has 9 nitrogen and oxygen atoms in total. The molecule has 0 bridgehead atoms. The van der Waals surface area contributed by atoms with E-state index in [9.17, 15) is 24.5 Å². The monoisotopic (exact) mass is 556 g/mol. The van der Waals surface area contributed by atoms with Gasteiger partial charge in [0.2, 0.25) is 6.10 Å². The number of benzene rings is 2. The maximum atomic E-state index is 13.6. The Morgan fingerprint density at radius 3 is 2.61 bits per heavy atom. The van der Waals surface area contributed by atoms with Gasteiger partial charge in [0, 0.05) is 21.5 Å². The third-order valence-corrected chi connectivity index (χ3v) is 7.57. The second kappa shape index (κ2) is 11.7. The van der Waals surface area contributed by atoms with Gasteiger partial charge in [-0.15, -0.1) is 11.3 Å². The summed E-state index contributed by atoms with van der Waals surface area (Å²) >= 11 is 7.27. The van der Waals surface area contributed by atoms with Crippen molar-refractivity contribution in [3.63, 3.8) is 0 Å². The number of esters is 2. The lowest BCUT2D eigenvalue weighted by Gasteiger charge is -2.19. The number of nitrogens with one attached hydrogen (secondary N) is 1. The van der Waals surface area contributed by atoms with E-state index in [0.717, 1.165) is 35.4 Å². The first-order valence-corrected chi connectivity index (χ1v) is 13.2. The van der Waals surface area contributed by atoms with Crippen LogP contribution in [0.1, 0.15) is 63.1 Å². The number of hydrogen-bond acceptors (Lipinski definition) is 8. The van der Waals surface area contributed by atoms with Gasteiger partial charge in [0.25, 0.3) is 11.6 Å². The Morgan fingerprint density at radius 1 is 1.18 bits per heavy atom. The summed E-state index contributed by atoms with van der Waals surface area (Å²) in [6.07, 6.45) is 0.909. The van der Waals surface area contributed by atoms with E-state index < -0.39 is 34.6 Å². The van der Waals surface area contributed by atoms with Crippen molar-refractivity contribution in [2.75, 3.05) is 11.9 Å². The average Bonchev–Trinajstić information content (AvgIpc) is 3.24. The summed E-state index contributed by atoms with van der Waals surface area (Å²) in [5.41, 5.74) is 0.635. The molecule has 1 N–H and O–H groups in total. The number of halogens is 1. The number of anilines is 1. The quantitative estimate of drug-likeness (QED) is 0.200. The summed E-state index contributed by atoms with van der Waals surface area (Å²) in [5.74, 6) is -1.90. The Kier molecular flexibility index (Phi) is 8.43.